The van der Waals surface area contributed by atoms with Crippen LogP contribution in [0.3, 0.4) is 0 Å². The van der Waals surface area contributed by atoms with Crippen molar-refractivity contribution in [2.24, 2.45) is 5.73 Å². The fourth-order valence-electron chi connectivity index (χ4n) is 2.13. The van der Waals surface area contributed by atoms with Crippen LogP contribution in [-0.2, 0) is 11.2 Å². The first-order valence-corrected chi connectivity index (χ1v) is 6.08. The van der Waals surface area contributed by atoms with Crippen molar-refractivity contribution in [1.29, 1.82) is 0 Å². The van der Waals surface area contributed by atoms with Gasteiger partial charge in [-0.3, -0.25) is 4.79 Å². The Morgan fingerprint density at radius 3 is 2.89 bits per heavy atom. The summed E-state index contributed by atoms with van der Waals surface area (Å²) >= 11 is 0. The predicted octanol–water partition coefficient (Wildman–Crippen LogP) is 2.51. The lowest BCUT2D eigenvalue weighted by Crippen LogP contribution is -2.15. The summed E-state index contributed by atoms with van der Waals surface area (Å²) in [5.41, 5.74) is 7.60. The van der Waals surface area contributed by atoms with Gasteiger partial charge in [-0.2, -0.15) is 0 Å². The zero-order valence-electron chi connectivity index (χ0n) is 10.3. The molecule has 0 aliphatic heterocycles. The first-order valence-electron chi connectivity index (χ1n) is 6.08. The summed E-state index contributed by atoms with van der Waals surface area (Å²) in [6, 6.07) is 7.87. The number of furan rings is 1. The van der Waals surface area contributed by atoms with E-state index in [1.807, 2.05) is 24.3 Å². The van der Waals surface area contributed by atoms with E-state index in [-0.39, 0.29) is 18.9 Å². The molecule has 0 bridgehead atoms. The number of hydrogen-bond donors (Lipinski definition) is 2. The molecule has 1 aromatic carbocycles. The molecule has 18 heavy (non-hydrogen) atoms. The highest BCUT2D eigenvalue weighted by atomic mass is 16.4. The highest BCUT2D eigenvalue weighted by Crippen LogP contribution is 2.29. The molecule has 0 aliphatic carbocycles. The molecule has 4 heteroatoms. The summed E-state index contributed by atoms with van der Waals surface area (Å²) in [6.45, 7) is 2.34. The fraction of sp³-hybridized carbons (Fsp3) is 0.357. The highest BCUT2D eigenvalue weighted by Gasteiger charge is 2.18. The molecule has 1 atom stereocenters. The van der Waals surface area contributed by atoms with Gasteiger partial charge in [-0.1, -0.05) is 25.1 Å². The van der Waals surface area contributed by atoms with Crippen molar-refractivity contribution in [2.45, 2.75) is 25.7 Å². The quantitative estimate of drug-likeness (QED) is 0.851. The van der Waals surface area contributed by atoms with Crippen LogP contribution in [0.4, 0.5) is 0 Å². The lowest BCUT2D eigenvalue weighted by atomic mass is 10.0. The van der Waals surface area contributed by atoms with Crippen LogP contribution in [0.15, 0.2) is 28.7 Å². The van der Waals surface area contributed by atoms with Gasteiger partial charge in [-0.05, 0) is 18.1 Å². The van der Waals surface area contributed by atoms with E-state index in [1.165, 1.54) is 0 Å². The number of benzene rings is 1. The van der Waals surface area contributed by atoms with E-state index in [2.05, 4.69) is 6.92 Å². The summed E-state index contributed by atoms with van der Waals surface area (Å²) in [6.07, 6.45) is 0.883. The van der Waals surface area contributed by atoms with Gasteiger partial charge >= 0.3 is 5.97 Å². The lowest BCUT2D eigenvalue weighted by Gasteiger charge is -2.08. The number of fused-ring (bicyclic) bond motifs is 1. The van der Waals surface area contributed by atoms with Crippen molar-refractivity contribution in [3.05, 3.63) is 35.6 Å². The number of para-hydroxylation sites is 1. The number of nitrogens with two attached hydrogens (primary N) is 1. The molecular weight excluding hydrogens is 230 g/mol. The van der Waals surface area contributed by atoms with E-state index in [0.717, 1.165) is 23.0 Å². The van der Waals surface area contributed by atoms with Crippen molar-refractivity contribution in [3.63, 3.8) is 0 Å². The molecule has 0 spiro atoms. The summed E-state index contributed by atoms with van der Waals surface area (Å²) in [5, 5.41) is 9.86. The van der Waals surface area contributed by atoms with Crippen molar-refractivity contribution < 1.29 is 14.3 Å². The van der Waals surface area contributed by atoms with Crippen LogP contribution in [0.1, 0.15) is 30.6 Å². The van der Waals surface area contributed by atoms with Crippen LogP contribution in [0.2, 0.25) is 0 Å². The Balaban J connectivity index is 2.42. The fourth-order valence-corrected chi connectivity index (χ4v) is 2.13. The minimum absolute atomic E-state index is 0.00220. The summed E-state index contributed by atoms with van der Waals surface area (Å²) in [5.74, 6) is -0.461. The molecule has 1 heterocycles. The van der Waals surface area contributed by atoms with Gasteiger partial charge < -0.3 is 15.3 Å². The molecule has 0 aliphatic rings. The van der Waals surface area contributed by atoms with Gasteiger partial charge in [0.2, 0.25) is 0 Å². The summed E-state index contributed by atoms with van der Waals surface area (Å²) in [7, 11) is 0. The largest absolute Gasteiger partial charge is 0.481 e. The van der Waals surface area contributed by atoms with Crippen molar-refractivity contribution in [3.8, 4) is 0 Å². The van der Waals surface area contributed by atoms with Gasteiger partial charge in [-0.25, -0.2) is 0 Å². The SMILES string of the molecule is CCc1cccc2cc(C(CN)CC(=O)O)oc12. The Bertz CT molecular complexity index is 559. The third kappa shape index (κ3) is 2.38. The number of carbonyl (C=O) groups is 1. The standard InChI is InChI=1S/C14H17NO3/c1-2-9-4-3-5-10-6-12(18-14(9)10)11(8-15)7-13(16)17/h3-6,11H,2,7-8,15H2,1H3,(H,16,17). The smallest absolute Gasteiger partial charge is 0.304 e. The second-order valence-corrected chi connectivity index (χ2v) is 4.37. The molecule has 4 nitrogen and oxygen atoms in total. The van der Waals surface area contributed by atoms with Gasteiger partial charge in [0, 0.05) is 17.8 Å². The Morgan fingerprint density at radius 1 is 1.50 bits per heavy atom. The molecule has 0 amide bonds. The monoisotopic (exact) mass is 247 g/mol. The van der Waals surface area contributed by atoms with E-state index >= 15 is 0 Å². The molecule has 2 rings (SSSR count). The Hall–Kier alpha value is -1.81. The Morgan fingerprint density at radius 2 is 2.28 bits per heavy atom. The number of carboxylic acids is 1. The van der Waals surface area contributed by atoms with Gasteiger partial charge in [0.25, 0.3) is 0 Å². The molecule has 3 N–H and O–H groups in total. The first kappa shape index (κ1) is 12.6. The highest BCUT2D eigenvalue weighted by molar-refractivity contribution is 5.81. The average molecular weight is 247 g/mol. The van der Waals surface area contributed by atoms with Crippen LogP contribution in [-0.4, -0.2) is 17.6 Å². The molecule has 0 saturated heterocycles. The van der Waals surface area contributed by atoms with Gasteiger partial charge in [0.05, 0.1) is 6.42 Å². The number of aliphatic carboxylic acids is 1. The Kier molecular flexibility index (Phi) is 3.67. The van der Waals surface area contributed by atoms with Crippen molar-refractivity contribution in [1.82, 2.24) is 0 Å². The number of carboxylic acid groups (broad SMARTS) is 1. The normalized spacial score (nSPS) is 12.8. The number of rotatable bonds is 5. The Labute approximate surface area is 105 Å². The van der Waals surface area contributed by atoms with Crippen LogP contribution < -0.4 is 5.73 Å². The van der Waals surface area contributed by atoms with Crippen molar-refractivity contribution in [2.75, 3.05) is 6.54 Å². The zero-order valence-corrected chi connectivity index (χ0v) is 10.3. The predicted molar refractivity (Wildman–Crippen MR) is 69.6 cm³/mol. The summed E-state index contributed by atoms with van der Waals surface area (Å²) in [4.78, 5) is 10.8. The van der Waals surface area contributed by atoms with Crippen LogP contribution in [0.5, 0.6) is 0 Å². The minimum Gasteiger partial charge on any atom is -0.481 e. The molecule has 2 aromatic rings. The molecule has 1 aromatic heterocycles. The maximum Gasteiger partial charge on any atom is 0.304 e. The van der Waals surface area contributed by atoms with Crippen LogP contribution in [0, 0.1) is 0 Å². The second-order valence-electron chi connectivity index (χ2n) is 4.37. The summed E-state index contributed by atoms with van der Waals surface area (Å²) < 4.78 is 5.80. The molecule has 0 saturated carbocycles. The van der Waals surface area contributed by atoms with E-state index in [1.54, 1.807) is 0 Å². The molecular formula is C14H17NO3. The third-order valence-corrected chi connectivity index (χ3v) is 3.13. The molecule has 0 radical (unpaired) electrons. The maximum atomic E-state index is 10.8. The van der Waals surface area contributed by atoms with Gasteiger partial charge in [0.15, 0.2) is 0 Å². The average Bonchev–Trinajstić information content (AvgIpc) is 2.78. The molecule has 96 valence electrons. The van der Waals surface area contributed by atoms with E-state index < -0.39 is 5.97 Å². The number of hydrogen-bond acceptors (Lipinski definition) is 3. The van der Waals surface area contributed by atoms with E-state index in [4.69, 9.17) is 15.3 Å². The third-order valence-electron chi connectivity index (χ3n) is 3.13. The molecule has 0 fully saturated rings. The molecule has 1 unspecified atom stereocenters. The lowest BCUT2D eigenvalue weighted by molar-refractivity contribution is -0.137. The number of aryl methyl sites for hydroxylation is 1. The van der Waals surface area contributed by atoms with Crippen LogP contribution in [0.25, 0.3) is 11.0 Å². The van der Waals surface area contributed by atoms with Gasteiger partial charge in [-0.15, -0.1) is 0 Å². The maximum absolute atomic E-state index is 10.8. The minimum atomic E-state index is -0.860. The van der Waals surface area contributed by atoms with Crippen LogP contribution >= 0.6 is 0 Å². The zero-order chi connectivity index (χ0) is 13.1. The van der Waals surface area contributed by atoms with E-state index in [0.29, 0.717) is 5.76 Å². The second kappa shape index (κ2) is 5.23. The van der Waals surface area contributed by atoms with Gasteiger partial charge in [0.1, 0.15) is 11.3 Å². The topological polar surface area (TPSA) is 76.5 Å². The van der Waals surface area contributed by atoms with E-state index in [9.17, 15) is 4.79 Å². The van der Waals surface area contributed by atoms with Crippen molar-refractivity contribution >= 4 is 16.9 Å². The first-order chi connectivity index (χ1) is 8.65.